The number of ether oxygens (including phenoxy) is 2. The number of nitrogens with two attached hydrogens (primary N) is 1. The molecule has 1 aromatic carbocycles. The van der Waals surface area contributed by atoms with Crippen molar-refractivity contribution in [1.29, 1.82) is 0 Å². The van der Waals surface area contributed by atoms with Crippen LogP contribution in [0.1, 0.15) is 50.1 Å². The lowest BCUT2D eigenvalue weighted by atomic mass is 9.85. The first-order valence-electron chi connectivity index (χ1n) is 9.07. The van der Waals surface area contributed by atoms with Gasteiger partial charge in [-0.25, -0.2) is 0 Å². The highest BCUT2D eigenvalue weighted by atomic mass is 127. The van der Waals surface area contributed by atoms with E-state index in [-0.39, 0.29) is 30.0 Å². The Balaban J connectivity index is 0.00000225. The van der Waals surface area contributed by atoms with Gasteiger partial charge in [0, 0.05) is 25.6 Å². The van der Waals surface area contributed by atoms with E-state index < -0.39 is 0 Å². The zero-order valence-electron chi connectivity index (χ0n) is 14.9. The van der Waals surface area contributed by atoms with E-state index in [9.17, 15) is 0 Å². The van der Waals surface area contributed by atoms with Crippen molar-refractivity contribution < 1.29 is 9.47 Å². The van der Waals surface area contributed by atoms with E-state index in [1.165, 1.54) is 31.2 Å². The highest BCUT2D eigenvalue weighted by Gasteiger charge is 2.22. The Morgan fingerprint density at radius 2 is 2.00 bits per heavy atom. The summed E-state index contributed by atoms with van der Waals surface area (Å²) in [7, 11) is 1.82. The number of fused-ring (bicyclic) bond motifs is 1. The van der Waals surface area contributed by atoms with Gasteiger partial charge in [-0.3, -0.25) is 4.99 Å². The molecule has 1 saturated carbocycles. The van der Waals surface area contributed by atoms with Crippen molar-refractivity contribution in [3.63, 3.8) is 0 Å². The molecule has 1 fully saturated rings. The summed E-state index contributed by atoms with van der Waals surface area (Å²) in [4.78, 5) is 4.54. The highest BCUT2D eigenvalue weighted by molar-refractivity contribution is 14.0. The third-order valence-corrected chi connectivity index (χ3v) is 5.23. The lowest BCUT2D eigenvalue weighted by Gasteiger charge is -2.27. The van der Waals surface area contributed by atoms with Crippen LogP contribution in [0.15, 0.2) is 29.3 Å². The summed E-state index contributed by atoms with van der Waals surface area (Å²) in [6.45, 7) is 1.51. The van der Waals surface area contributed by atoms with Gasteiger partial charge in [0.05, 0.1) is 18.8 Å². The number of aliphatic imine (C=N–C) groups is 1. The molecule has 5 nitrogen and oxygen atoms in total. The number of hydrogen-bond donors (Lipinski definition) is 2. The number of methoxy groups -OCH3 is 1. The van der Waals surface area contributed by atoms with E-state index in [0.717, 1.165) is 31.1 Å². The van der Waals surface area contributed by atoms with Crippen LogP contribution in [0.4, 0.5) is 0 Å². The molecule has 1 heterocycles. The van der Waals surface area contributed by atoms with Crippen molar-refractivity contribution in [3.8, 4) is 5.75 Å². The topological polar surface area (TPSA) is 68.9 Å². The van der Waals surface area contributed by atoms with Crippen LogP contribution >= 0.6 is 24.0 Å². The number of benzene rings is 1. The van der Waals surface area contributed by atoms with Crippen LogP contribution in [0.25, 0.3) is 0 Å². The molecule has 3 rings (SSSR count). The largest absolute Gasteiger partial charge is 0.493 e. The smallest absolute Gasteiger partial charge is 0.189 e. The van der Waals surface area contributed by atoms with Gasteiger partial charge < -0.3 is 20.5 Å². The summed E-state index contributed by atoms with van der Waals surface area (Å²) >= 11 is 0. The van der Waals surface area contributed by atoms with Gasteiger partial charge in [-0.15, -0.1) is 24.0 Å². The van der Waals surface area contributed by atoms with E-state index in [2.05, 4.69) is 16.4 Å². The Bertz CT molecular complexity index is 559. The molecule has 2 aliphatic rings. The van der Waals surface area contributed by atoms with E-state index >= 15 is 0 Å². The molecule has 0 bridgehead atoms. The lowest BCUT2D eigenvalue weighted by Crippen LogP contribution is -2.37. The fraction of sp³-hybridized carbons (Fsp3) is 0.632. The third-order valence-electron chi connectivity index (χ3n) is 5.23. The average Bonchev–Trinajstić information content (AvgIpc) is 2.63. The first-order valence-corrected chi connectivity index (χ1v) is 9.07. The van der Waals surface area contributed by atoms with Crippen LogP contribution in [0.3, 0.4) is 0 Å². The number of rotatable bonds is 5. The summed E-state index contributed by atoms with van der Waals surface area (Å²) in [6, 6.07) is 8.32. The summed E-state index contributed by atoms with van der Waals surface area (Å²) in [5.74, 6) is 2.25. The molecule has 0 spiro atoms. The fourth-order valence-electron chi connectivity index (χ4n) is 3.74. The molecule has 1 aromatic rings. The van der Waals surface area contributed by atoms with Crippen molar-refractivity contribution in [1.82, 2.24) is 5.32 Å². The number of halogens is 1. The third kappa shape index (κ3) is 5.74. The zero-order valence-corrected chi connectivity index (χ0v) is 17.3. The molecule has 1 aliphatic carbocycles. The fourth-order valence-corrected chi connectivity index (χ4v) is 3.74. The van der Waals surface area contributed by atoms with Gasteiger partial charge in [0.1, 0.15) is 5.75 Å². The molecule has 1 atom stereocenters. The van der Waals surface area contributed by atoms with Crippen LogP contribution < -0.4 is 15.8 Å². The molecule has 25 heavy (non-hydrogen) atoms. The van der Waals surface area contributed by atoms with Crippen molar-refractivity contribution in [2.45, 2.75) is 50.7 Å². The predicted molar refractivity (Wildman–Crippen MR) is 112 cm³/mol. The second kappa shape index (κ2) is 10.2. The summed E-state index contributed by atoms with van der Waals surface area (Å²) in [6.07, 6.45) is 7.33. The molecule has 0 radical (unpaired) electrons. The molecule has 1 unspecified atom stereocenters. The maximum atomic E-state index is 6.10. The van der Waals surface area contributed by atoms with Gasteiger partial charge in [-0.2, -0.15) is 0 Å². The maximum Gasteiger partial charge on any atom is 0.189 e. The van der Waals surface area contributed by atoms with E-state index in [1.54, 1.807) is 0 Å². The van der Waals surface area contributed by atoms with Gasteiger partial charge in [0.2, 0.25) is 0 Å². The molecule has 0 aromatic heterocycles. The highest BCUT2D eigenvalue weighted by Crippen LogP contribution is 2.31. The summed E-state index contributed by atoms with van der Waals surface area (Å²) in [5, 5.41) is 3.36. The van der Waals surface area contributed by atoms with Gasteiger partial charge in [0.25, 0.3) is 0 Å². The van der Waals surface area contributed by atoms with E-state index in [0.29, 0.717) is 18.7 Å². The SMILES string of the molecule is COC1CCC(CCN=C(N)NC2CCOc3ccccc32)CC1.I. The monoisotopic (exact) mass is 459 g/mol. The Hall–Kier alpha value is -1.02. The van der Waals surface area contributed by atoms with Crippen molar-refractivity contribution in [2.75, 3.05) is 20.3 Å². The van der Waals surface area contributed by atoms with Gasteiger partial charge in [0.15, 0.2) is 5.96 Å². The van der Waals surface area contributed by atoms with Crippen LogP contribution in [0, 0.1) is 5.92 Å². The zero-order chi connectivity index (χ0) is 16.8. The predicted octanol–water partition coefficient (Wildman–Crippen LogP) is 3.63. The van der Waals surface area contributed by atoms with E-state index in [4.69, 9.17) is 15.2 Å². The summed E-state index contributed by atoms with van der Waals surface area (Å²) in [5.41, 5.74) is 7.27. The first-order chi connectivity index (χ1) is 11.8. The second-order valence-corrected chi connectivity index (χ2v) is 6.81. The average molecular weight is 459 g/mol. The molecule has 3 N–H and O–H groups in total. The van der Waals surface area contributed by atoms with Crippen LogP contribution in [0.2, 0.25) is 0 Å². The molecule has 6 heteroatoms. The van der Waals surface area contributed by atoms with Crippen molar-refractivity contribution >= 4 is 29.9 Å². The van der Waals surface area contributed by atoms with E-state index in [1.807, 2.05) is 25.3 Å². The Kier molecular flexibility index (Phi) is 8.29. The minimum Gasteiger partial charge on any atom is -0.493 e. The minimum atomic E-state index is 0. The summed E-state index contributed by atoms with van der Waals surface area (Å²) < 4.78 is 11.1. The van der Waals surface area contributed by atoms with Crippen LogP contribution in [0.5, 0.6) is 5.75 Å². The van der Waals surface area contributed by atoms with Gasteiger partial charge in [-0.05, 0) is 44.1 Å². The van der Waals surface area contributed by atoms with Crippen LogP contribution in [-0.4, -0.2) is 32.3 Å². The Morgan fingerprint density at radius 1 is 1.24 bits per heavy atom. The number of hydrogen-bond acceptors (Lipinski definition) is 3. The van der Waals surface area contributed by atoms with Crippen LogP contribution in [-0.2, 0) is 4.74 Å². The standard InChI is InChI=1S/C19H29N3O2.HI/c1-23-15-8-6-14(7-9-15)10-12-21-19(20)22-17-11-13-24-18-5-3-2-4-16(17)18;/h2-5,14-15,17H,6-13H2,1H3,(H3,20,21,22);1H. The molecular weight excluding hydrogens is 429 g/mol. The quantitative estimate of drug-likeness (QED) is 0.401. The Morgan fingerprint density at radius 3 is 2.76 bits per heavy atom. The molecule has 140 valence electrons. The van der Waals surface area contributed by atoms with Gasteiger partial charge >= 0.3 is 0 Å². The van der Waals surface area contributed by atoms with Gasteiger partial charge in [-0.1, -0.05) is 18.2 Å². The molecule has 0 saturated heterocycles. The van der Waals surface area contributed by atoms with Crippen molar-refractivity contribution in [2.24, 2.45) is 16.6 Å². The first kappa shape index (κ1) is 20.3. The molecular formula is C19H30IN3O2. The molecule has 1 aliphatic heterocycles. The second-order valence-electron chi connectivity index (χ2n) is 6.81. The minimum absolute atomic E-state index is 0. The number of nitrogens with one attached hydrogen (secondary N) is 1. The molecule has 0 amide bonds. The normalized spacial score (nSPS) is 26.1. The maximum absolute atomic E-state index is 6.10. The number of para-hydroxylation sites is 1. The Labute approximate surface area is 167 Å². The lowest BCUT2D eigenvalue weighted by molar-refractivity contribution is 0.0559. The van der Waals surface area contributed by atoms with Crippen molar-refractivity contribution in [3.05, 3.63) is 29.8 Å². The number of nitrogens with zero attached hydrogens (tertiary/aromatic N) is 1. The number of guanidine groups is 1.